The van der Waals surface area contributed by atoms with Crippen LogP contribution in [0.15, 0.2) is 18.2 Å². The molecular formula is C18H24F3N3O4. The van der Waals surface area contributed by atoms with Crippen molar-refractivity contribution < 1.29 is 27.6 Å². The lowest BCUT2D eigenvalue weighted by Crippen LogP contribution is -2.46. The monoisotopic (exact) mass is 403 g/mol. The van der Waals surface area contributed by atoms with E-state index in [1.807, 2.05) is 0 Å². The first-order valence-electron chi connectivity index (χ1n) is 9.38. The van der Waals surface area contributed by atoms with E-state index in [1.54, 1.807) is 0 Å². The summed E-state index contributed by atoms with van der Waals surface area (Å²) in [5.74, 6) is -0.0509. The van der Waals surface area contributed by atoms with Gasteiger partial charge < -0.3 is 19.7 Å². The van der Waals surface area contributed by atoms with Gasteiger partial charge in [0.05, 0.1) is 4.92 Å². The Labute approximate surface area is 160 Å². The van der Waals surface area contributed by atoms with Gasteiger partial charge in [-0.3, -0.25) is 10.1 Å². The van der Waals surface area contributed by atoms with Crippen molar-refractivity contribution in [1.82, 2.24) is 4.90 Å². The predicted octanol–water partition coefficient (Wildman–Crippen LogP) is 3.59. The maximum Gasteiger partial charge on any atom is 0.422 e. The predicted molar refractivity (Wildman–Crippen MR) is 96.7 cm³/mol. The summed E-state index contributed by atoms with van der Waals surface area (Å²) < 4.78 is 47.2. The molecule has 28 heavy (non-hydrogen) atoms. The minimum absolute atomic E-state index is 0.0210. The van der Waals surface area contributed by atoms with E-state index in [2.05, 4.69) is 10.2 Å². The molecule has 0 radical (unpaired) electrons. The number of nitro benzene ring substituents is 1. The lowest BCUT2D eigenvalue weighted by Gasteiger charge is -2.39. The van der Waals surface area contributed by atoms with E-state index in [0.29, 0.717) is 6.04 Å². The van der Waals surface area contributed by atoms with Crippen LogP contribution in [0.25, 0.3) is 0 Å². The fourth-order valence-electron chi connectivity index (χ4n) is 3.72. The highest BCUT2D eigenvalue weighted by atomic mass is 19.4. The average Bonchev–Trinajstić information content (AvgIpc) is 2.67. The third-order valence-corrected chi connectivity index (χ3v) is 5.16. The molecule has 0 spiro atoms. The van der Waals surface area contributed by atoms with Gasteiger partial charge in [-0.25, -0.2) is 0 Å². The fraction of sp³-hybridized carbons (Fsp3) is 0.667. The van der Waals surface area contributed by atoms with Gasteiger partial charge in [0.15, 0.2) is 6.61 Å². The first-order chi connectivity index (χ1) is 13.3. The van der Waals surface area contributed by atoms with E-state index in [0.717, 1.165) is 52.0 Å². The van der Waals surface area contributed by atoms with E-state index in [-0.39, 0.29) is 23.2 Å². The van der Waals surface area contributed by atoms with Gasteiger partial charge in [0.25, 0.3) is 5.69 Å². The Bertz CT molecular complexity index is 673. The molecule has 0 bridgehead atoms. The third kappa shape index (κ3) is 5.71. The number of likely N-dealkylation sites (tertiary alicyclic amines) is 1. The summed E-state index contributed by atoms with van der Waals surface area (Å²) in [6.07, 6.45) is -0.818. The number of piperidine rings is 1. The van der Waals surface area contributed by atoms with Gasteiger partial charge in [0.2, 0.25) is 0 Å². The van der Waals surface area contributed by atoms with E-state index in [9.17, 15) is 23.3 Å². The summed E-state index contributed by atoms with van der Waals surface area (Å²) in [5, 5.41) is 14.4. The first-order valence-corrected chi connectivity index (χ1v) is 9.38. The smallest absolute Gasteiger partial charge is 0.422 e. The number of anilines is 1. The standard InChI is InChI=1S/C18H24F3N3O4/c19-18(20,21)12-28-15-1-2-17(24(25)26)16(11-15)22-13-3-7-23(8-4-13)14-5-9-27-10-6-14/h1-2,11,13-14,22H,3-10,12H2. The highest BCUT2D eigenvalue weighted by Gasteiger charge is 2.30. The van der Waals surface area contributed by atoms with Crippen LogP contribution >= 0.6 is 0 Å². The number of alkyl halides is 3. The molecular weight excluding hydrogens is 379 g/mol. The van der Waals surface area contributed by atoms with Crippen LogP contribution in [0, 0.1) is 10.1 Å². The number of hydrogen-bond acceptors (Lipinski definition) is 6. The lowest BCUT2D eigenvalue weighted by atomic mass is 9.99. The Kier molecular flexibility index (Phi) is 6.61. The number of nitrogens with zero attached hydrogens (tertiary/aromatic N) is 2. The zero-order chi connectivity index (χ0) is 20.1. The van der Waals surface area contributed by atoms with Gasteiger partial charge in [-0.05, 0) is 31.7 Å². The molecule has 7 nitrogen and oxygen atoms in total. The van der Waals surface area contributed by atoms with Crippen molar-refractivity contribution in [3.05, 3.63) is 28.3 Å². The zero-order valence-electron chi connectivity index (χ0n) is 15.4. The van der Waals surface area contributed by atoms with E-state index in [1.165, 1.54) is 18.2 Å². The largest absolute Gasteiger partial charge is 0.484 e. The molecule has 2 saturated heterocycles. The Hall–Kier alpha value is -2.07. The molecule has 1 aromatic carbocycles. The second-order valence-electron chi connectivity index (χ2n) is 7.14. The Morgan fingerprint density at radius 3 is 2.50 bits per heavy atom. The highest BCUT2D eigenvalue weighted by Crippen LogP contribution is 2.32. The van der Waals surface area contributed by atoms with Crippen LogP contribution in [-0.4, -0.2) is 61.0 Å². The van der Waals surface area contributed by atoms with Gasteiger partial charge in [-0.15, -0.1) is 0 Å². The molecule has 0 aromatic heterocycles. The van der Waals surface area contributed by atoms with Crippen LogP contribution < -0.4 is 10.1 Å². The number of rotatable bonds is 6. The third-order valence-electron chi connectivity index (χ3n) is 5.16. The SMILES string of the molecule is O=[N+]([O-])c1ccc(OCC(F)(F)F)cc1NC1CCN(C2CCOCC2)CC1. The topological polar surface area (TPSA) is 76.9 Å². The van der Waals surface area contributed by atoms with Crippen LogP contribution in [0.3, 0.4) is 0 Å². The van der Waals surface area contributed by atoms with Crippen molar-refractivity contribution in [3.63, 3.8) is 0 Å². The van der Waals surface area contributed by atoms with Crippen LogP contribution in [0.5, 0.6) is 5.75 Å². The second kappa shape index (κ2) is 8.95. The molecule has 0 atom stereocenters. The van der Waals surface area contributed by atoms with Crippen molar-refractivity contribution in [2.24, 2.45) is 0 Å². The Morgan fingerprint density at radius 2 is 1.89 bits per heavy atom. The molecule has 2 aliphatic rings. The number of hydrogen-bond donors (Lipinski definition) is 1. The summed E-state index contributed by atoms with van der Waals surface area (Å²) in [6, 6.07) is 4.17. The Morgan fingerprint density at radius 1 is 1.21 bits per heavy atom. The maximum atomic E-state index is 12.4. The van der Waals surface area contributed by atoms with Gasteiger partial charge in [0, 0.05) is 50.5 Å². The summed E-state index contributed by atoms with van der Waals surface area (Å²) in [5.41, 5.74) is 0.0143. The van der Waals surface area contributed by atoms with Crippen molar-refractivity contribution in [1.29, 1.82) is 0 Å². The number of nitro groups is 1. The number of benzene rings is 1. The van der Waals surface area contributed by atoms with Crippen LogP contribution in [0.1, 0.15) is 25.7 Å². The number of halogens is 3. The summed E-state index contributed by atoms with van der Waals surface area (Å²) in [6.45, 7) is 1.87. The average molecular weight is 403 g/mol. The molecule has 10 heteroatoms. The normalized spacial score (nSPS) is 20.1. The molecule has 2 aliphatic heterocycles. The van der Waals surface area contributed by atoms with E-state index >= 15 is 0 Å². The quantitative estimate of drug-likeness (QED) is 0.578. The lowest BCUT2D eigenvalue weighted by molar-refractivity contribution is -0.384. The van der Waals surface area contributed by atoms with Crippen molar-refractivity contribution >= 4 is 11.4 Å². The minimum atomic E-state index is -4.47. The van der Waals surface area contributed by atoms with Crippen LogP contribution in [0.4, 0.5) is 24.5 Å². The van der Waals surface area contributed by atoms with Crippen molar-refractivity contribution in [3.8, 4) is 5.75 Å². The second-order valence-corrected chi connectivity index (χ2v) is 7.14. The molecule has 0 amide bonds. The number of ether oxygens (including phenoxy) is 2. The first kappa shape index (κ1) is 20.7. The van der Waals surface area contributed by atoms with Gasteiger partial charge in [0.1, 0.15) is 11.4 Å². The van der Waals surface area contributed by atoms with E-state index < -0.39 is 17.7 Å². The van der Waals surface area contributed by atoms with E-state index in [4.69, 9.17) is 9.47 Å². The molecule has 0 aliphatic carbocycles. The molecule has 2 fully saturated rings. The van der Waals surface area contributed by atoms with Crippen molar-refractivity contribution in [2.75, 3.05) is 38.2 Å². The molecule has 0 unspecified atom stereocenters. The molecule has 3 rings (SSSR count). The Balaban J connectivity index is 1.61. The minimum Gasteiger partial charge on any atom is -0.484 e. The highest BCUT2D eigenvalue weighted by molar-refractivity contribution is 5.64. The van der Waals surface area contributed by atoms with Crippen LogP contribution in [0.2, 0.25) is 0 Å². The summed E-state index contributed by atoms with van der Waals surface area (Å²) in [4.78, 5) is 13.2. The van der Waals surface area contributed by atoms with Crippen LogP contribution in [-0.2, 0) is 4.74 Å². The molecule has 0 saturated carbocycles. The fourth-order valence-corrected chi connectivity index (χ4v) is 3.72. The molecule has 1 aromatic rings. The molecule has 2 heterocycles. The summed E-state index contributed by atoms with van der Waals surface area (Å²) >= 11 is 0. The van der Waals surface area contributed by atoms with Gasteiger partial charge in [-0.1, -0.05) is 0 Å². The zero-order valence-corrected chi connectivity index (χ0v) is 15.4. The maximum absolute atomic E-state index is 12.4. The summed E-state index contributed by atoms with van der Waals surface area (Å²) in [7, 11) is 0. The molecule has 1 N–H and O–H groups in total. The van der Waals surface area contributed by atoms with Gasteiger partial charge >= 0.3 is 6.18 Å². The number of nitrogens with one attached hydrogen (secondary N) is 1. The molecule has 156 valence electrons. The van der Waals surface area contributed by atoms with Gasteiger partial charge in [-0.2, -0.15) is 13.2 Å². The van der Waals surface area contributed by atoms with Crippen molar-refractivity contribution in [2.45, 2.75) is 43.9 Å².